The highest BCUT2D eigenvalue weighted by Crippen LogP contribution is 2.20. The molecule has 1 aliphatic heterocycles. The van der Waals surface area contributed by atoms with E-state index in [2.05, 4.69) is 0 Å². The summed E-state index contributed by atoms with van der Waals surface area (Å²) in [4.78, 5) is 12.7. The van der Waals surface area contributed by atoms with E-state index in [1.54, 1.807) is 4.90 Å². The lowest BCUT2D eigenvalue weighted by Crippen LogP contribution is -2.43. The third kappa shape index (κ3) is 2.08. The van der Waals surface area contributed by atoms with Crippen molar-refractivity contribution in [3.05, 3.63) is 30.3 Å². The minimum Gasteiger partial charge on any atom is -0.312 e. The molecule has 13 heavy (non-hydrogen) atoms. The van der Waals surface area contributed by atoms with Crippen LogP contribution >= 0.6 is 0 Å². The Balaban J connectivity index is 0.000000396. The molecule has 0 N–H and O–H groups in total. The van der Waals surface area contributed by atoms with Crippen LogP contribution in [0.2, 0.25) is 0 Å². The van der Waals surface area contributed by atoms with Crippen molar-refractivity contribution in [1.29, 1.82) is 0 Å². The van der Waals surface area contributed by atoms with Crippen LogP contribution in [0.5, 0.6) is 0 Å². The van der Waals surface area contributed by atoms with Gasteiger partial charge >= 0.3 is 0 Å². The van der Waals surface area contributed by atoms with Crippen LogP contribution in [0.1, 0.15) is 20.3 Å². The standard InChI is InChI=1S/C9H9NO.C2H6/c11-9-6-7-10(9)8-4-2-1-3-5-8;1-2/h1-5H,6-7H2;1-2H3. The highest BCUT2D eigenvalue weighted by atomic mass is 16.2. The number of benzene rings is 1. The van der Waals surface area contributed by atoms with Gasteiger partial charge in [0, 0.05) is 18.7 Å². The maximum Gasteiger partial charge on any atom is 0.228 e. The average molecular weight is 177 g/mol. The molecule has 0 aromatic heterocycles. The third-order valence-corrected chi connectivity index (χ3v) is 1.92. The Morgan fingerprint density at radius 2 is 1.77 bits per heavy atom. The van der Waals surface area contributed by atoms with Crippen LogP contribution in [0.15, 0.2) is 30.3 Å². The van der Waals surface area contributed by atoms with Crippen molar-refractivity contribution in [1.82, 2.24) is 0 Å². The van der Waals surface area contributed by atoms with Gasteiger partial charge in [-0.15, -0.1) is 0 Å². The third-order valence-electron chi connectivity index (χ3n) is 1.92. The maximum absolute atomic E-state index is 11.0. The van der Waals surface area contributed by atoms with Crippen molar-refractivity contribution in [2.75, 3.05) is 11.4 Å². The highest BCUT2D eigenvalue weighted by molar-refractivity contribution is 5.99. The molecule has 1 aromatic carbocycles. The molecule has 0 aliphatic carbocycles. The molecule has 2 heteroatoms. The van der Waals surface area contributed by atoms with Crippen LogP contribution in [-0.2, 0) is 4.79 Å². The Morgan fingerprint density at radius 3 is 2.15 bits per heavy atom. The Hall–Kier alpha value is -1.31. The summed E-state index contributed by atoms with van der Waals surface area (Å²) in [6.07, 6.45) is 0.703. The van der Waals surface area contributed by atoms with Crippen molar-refractivity contribution in [3.63, 3.8) is 0 Å². The van der Waals surface area contributed by atoms with E-state index < -0.39 is 0 Å². The zero-order valence-corrected chi connectivity index (χ0v) is 8.16. The van der Waals surface area contributed by atoms with Crippen LogP contribution in [-0.4, -0.2) is 12.5 Å². The van der Waals surface area contributed by atoms with Crippen LogP contribution in [0.4, 0.5) is 5.69 Å². The second-order valence-electron chi connectivity index (χ2n) is 2.63. The summed E-state index contributed by atoms with van der Waals surface area (Å²) in [6.45, 7) is 4.88. The topological polar surface area (TPSA) is 20.3 Å². The van der Waals surface area contributed by atoms with E-state index in [1.807, 2.05) is 44.2 Å². The van der Waals surface area contributed by atoms with Gasteiger partial charge in [-0.05, 0) is 12.1 Å². The number of para-hydroxylation sites is 1. The number of carbonyl (C=O) groups is 1. The minimum atomic E-state index is 0.233. The van der Waals surface area contributed by atoms with Crippen molar-refractivity contribution < 1.29 is 4.79 Å². The normalized spacial score (nSPS) is 14.3. The Kier molecular flexibility index (Phi) is 3.50. The quantitative estimate of drug-likeness (QED) is 0.603. The molecule has 0 atom stereocenters. The largest absolute Gasteiger partial charge is 0.312 e. The van der Waals surface area contributed by atoms with E-state index in [4.69, 9.17) is 0 Å². The zero-order valence-electron chi connectivity index (χ0n) is 8.16. The molecule has 0 radical (unpaired) electrons. The van der Waals surface area contributed by atoms with E-state index >= 15 is 0 Å². The fraction of sp³-hybridized carbons (Fsp3) is 0.364. The van der Waals surface area contributed by atoms with Gasteiger partial charge in [0.05, 0.1) is 0 Å². The van der Waals surface area contributed by atoms with Crippen LogP contribution in [0.25, 0.3) is 0 Å². The van der Waals surface area contributed by atoms with Crippen molar-refractivity contribution in [2.24, 2.45) is 0 Å². The molecule has 0 spiro atoms. The molecule has 0 unspecified atom stereocenters. The summed E-state index contributed by atoms with van der Waals surface area (Å²) in [5.41, 5.74) is 1.02. The number of nitrogens with zero attached hydrogens (tertiary/aromatic N) is 1. The van der Waals surface area contributed by atoms with E-state index in [-0.39, 0.29) is 5.91 Å². The first-order valence-electron chi connectivity index (χ1n) is 4.73. The summed E-state index contributed by atoms with van der Waals surface area (Å²) < 4.78 is 0. The maximum atomic E-state index is 11.0. The predicted octanol–water partition coefficient (Wildman–Crippen LogP) is 2.45. The smallest absolute Gasteiger partial charge is 0.228 e. The van der Waals surface area contributed by atoms with Gasteiger partial charge in [0.2, 0.25) is 5.91 Å². The van der Waals surface area contributed by atoms with E-state index in [0.29, 0.717) is 6.42 Å². The van der Waals surface area contributed by atoms with Gasteiger partial charge in [-0.25, -0.2) is 0 Å². The molecule has 1 heterocycles. The average Bonchev–Trinajstić information content (AvgIpc) is 2.20. The number of carbonyl (C=O) groups excluding carboxylic acids is 1. The number of hydrogen-bond acceptors (Lipinski definition) is 1. The second kappa shape index (κ2) is 4.65. The molecule has 1 aliphatic rings. The van der Waals surface area contributed by atoms with E-state index in [0.717, 1.165) is 12.2 Å². The summed E-state index contributed by atoms with van der Waals surface area (Å²) in [5, 5.41) is 0. The first-order valence-corrected chi connectivity index (χ1v) is 4.73. The fourth-order valence-electron chi connectivity index (χ4n) is 1.20. The van der Waals surface area contributed by atoms with Gasteiger partial charge in [0.15, 0.2) is 0 Å². The Morgan fingerprint density at radius 1 is 1.15 bits per heavy atom. The van der Waals surface area contributed by atoms with Crippen molar-refractivity contribution in [2.45, 2.75) is 20.3 Å². The van der Waals surface area contributed by atoms with Gasteiger partial charge in [-0.1, -0.05) is 32.0 Å². The number of rotatable bonds is 1. The summed E-state index contributed by atoms with van der Waals surface area (Å²) in [5.74, 6) is 0.233. The molecule has 2 rings (SSSR count). The summed E-state index contributed by atoms with van der Waals surface area (Å²) >= 11 is 0. The van der Waals surface area contributed by atoms with Gasteiger partial charge in [0.1, 0.15) is 0 Å². The molecular weight excluding hydrogens is 162 g/mol. The van der Waals surface area contributed by atoms with Gasteiger partial charge in [0.25, 0.3) is 0 Å². The fourth-order valence-corrected chi connectivity index (χ4v) is 1.20. The van der Waals surface area contributed by atoms with E-state index in [1.165, 1.54) is 0 Å². The first kappa shape index (κ1) is 9.78. The number of β-lactam (4-membered cyclic amide) rings is 1. The number of hydrogen-bond donors (Lipinski definition) is 0. The lowest BCUT2D eigenvalue weighted by Gasteiger charge is -2.30. The molecule has 70 valence electrons. The molecule has 1 saturated heterocycles. The zero-order chi connectivity index (χ0) is 9.68. The SMILES string of the molecule is CC.O=C1CCN1c1ccccc1. The van der Waals surface area contributed by atoms with Crippen LogP contribution in [0.3, 0.4) is 0 Å². The molecule has 1 amide bonds. The number of anilines is 1. The molecule has 0 saturated carbocycles. The number of amides is 1. The van der Waals surface area contributed by atoms with Crippen LogP contribution in [0, 0.1) is 0 Å². The summed E-state index contributed by atoms with van der Waals surface area (Å²) in [7, 11) is 0. The van der Waals surface area contributed by atoms with Crippen LogP contribution < -0.4 is 4.90 Å². The molecule has 1 fully saturated rings. The second-order valence-corrected chi connectivity index (χ2v) is 2.63. The Labute approximate surface area is 79.2 Å². The highest BCUT2D eigenvalue weighted by Gasteiger charge is 2.24. The minimum absolute atomic E-state index is 0.233. The van der Waals surface area contributed by atoms with Crippen molar-refractivity contribution >= 4 is 11.6 Å². The molecule has 0 bridgehead atoms. The predicted molar refractivity (Wildman–Crippen MR) is 54.8 cm³/mol. The molecule has 1 aromatic rings. The van der Waals surface area contributed by atoms with Gasteiger partial charge < -0.3 is 4.90 Å². The lowest BCUT2D eigenvalue weighted by molar-refractivity contribution is -0.122. The lowest BCUT2D eigenvalue weighted by atomic mass is 10.1. The molecular formula is C11H15NO. The Bertz CT molecular complexity index is 269. The van der Waals surface area contributed by atoms with Crippen molar-refractivity contribution in [3.8, 4) is 0 Å². The van der Waals surface area contributed by atoms with Gasteiger partial charge in [-0.2, -0.15) is 0 Å². The monoisotopic (exact) mass is 177 g/mol. The van der Waals surface area contributed by atoms with Gasteiger partial charge in [-0.3, -0.25) is 4.79 Å². The van der Waals surface area contributed by atoms with E-state index in [9.17, 15) is 4.79 Å². The first-order chi connectivity index (χ1) is 6.38. The summed E-state index contributed by atoms with van der Waals surface area (Å²) in [6, 6.07) is 9.75. The molecule has 2 nitrogen and oxygen atoms in total.